The molecule has 3 rings (SSSR count). The van der Waals surface area contributed by atoms with E-state index in [2.05, 4.69) is 5.32 Å². The molecule has 154 valence electrons. The molecule has 2 amide bonds. The fourth-order valence-electron chi connectivity index (χ4n) is 3.16. The van der Waals surface area contributed by atoms with Gasteiger partial charge in [-0.1, -0.05) is 11.6 Å². The summed E-state index contributed by atoms with van der Waals surface area (Å²) in [7, 11) is 0. The molecule has 1 N–H and O–H groups in total. The Labute approximate surface area is 170 Å². The van der Waals surface area contributed by atoms with Crippen molar-refractivity contribution < 1.29 is 23.8 Å². The highest BCUT2D eigenvalue weighted by Gasteiger charge is 2.28. The van der Waals surface area contributed by atoms with Crippen LogP contribution >= 0.6 is 11.6 Å². The topological polar surface area (TPSA) is 77.1 Å². The first-order valence-corrected chi connectivity index (χ1v) is 9.98. The van der Waals surface area contributed by atoms with Gasteiger partial charge in [0, 0.05) is 31.1 Å². The standard InChI is InChI=1S/C20H27ClN2O5/c1-20(2,3)28-19(25)23-7-5-14(6-8-23)22-18(24)13-11-15(21)17-16(12-13)26-9-4-10-27-17/h11-12,14H,4-10H2,1-3H3,(H,22,24). The fourth-order valence-corrected chi connectivity index (χ4v) is 3.43. The summed E-state index contributed by atoms with van der Waals surface area (Å²) < 4.78 is 16.6. The van der Waals surface area contributed by atoms with Gasteiger partial charge in [-0.2, -0.15) is 0 Å². The summed E-state index contributed by atoms with van der Waals surface area (Å²) in [5, 5.41) is 3.38. The molecule has 2 heterocycles. The van der Waals surface area contributed by atoms with Gasteiger partial charge in [-0.15, -0.1) is 0 Å². The van der Waals surface area contributed by atoms with Crippen molar-refractivity contribution in [2.45, 2.75) is 51.7 Å². The molecular formula is C20H27ClN2O5. The van der Waals surface area contributed by atoms with E-state index in [0.29, 0.717) is 61.2 Å². The lowest BCUT2D eigenvalue weighted by molar-refractivity contribution is 0.0199. The lowest BCUT2D eigenvalue weighted by Gasteiger charge is -2.33. The number of amides is 2. The summed E-state index contributed by atoms with van der Waals surface area (Å²) >= 11 is 6.27. The first-order valence-electron chi connectivity index (χ1n) is 9.61. The number of nitrogens with zero attached hydrogens (tertiary/aromatic N) is 1. The molecule has 0 bridgehead atoms. The van der Waals surface area contributed by atoms with E-state index in [0.717, 1.165) is 6.42 Å². The Bertz CT molecular complexity index is 739. The summed E-state index contributed by atoms with van der Waals surface area (Å²) in [4.78, 5) is 26.5. The van der Waals surface area contributed by atoms with E-state index in [1.807, 2.05) is 20.8 Å². The van der Waals surface area contributed by atoms with Gasteiger partial charge in [-0.25, -0.2) is 4.79 Å². The molecular weight excluding hydrogens is 384 g/mol. The maximum atomic E-state index is 12.7. The Balaban J connectivity index is 1.57. The lowest BCUT2D eigenvalue weighted by atomic mass is 10.0. The zero-order chi connectivity index (χ0) is 20.3. The molecule has 0 aliphatic carbocycles. The molecule has 0 spiro atoms. The average Bonchev–Trinajstić information content (AvgIpc) is 2.86. The van der Waals surface area contributed by atoms with Crippen LogP contribution in [0.4, 0.5) is 4.79 Å². The van der Waals surface area contributed by atoms with Gasteiger partial charge in [-0.05, 0) is 45.7 Å². The normalized spacial score (nSPS) is 17.6. The van der Waals surface area contributed by atoms with Crippen molar-refractivity contribution in [3.05, 3.63) is 22.7 Å². The van der Waals surface area contributed by atoms with Crippen molar-refractivity contribution in [1.29, 1.82) is 0 Å². The van der Waals surface area contributed by atoms with Gasteiger partial charge in [0.1, 0.15) is 5.60 Å². The highest BCUT2D eigenvalue weighted by molar-refractivity contribution is 6.32. The van der Waals surface area contributed by atoms with Crippen LogP contribution in [0.1, 0.15) is 50.4 Å². The molecule has 1 fully saturated rings. The molecule has 0 aromatic heterocycles. The summed E-state index contributed by atoms with van der Waals surface area (Å²) in [6.07, 6.45) is 1.79. The third-order valence-corrected chi connectivity index (χ3v) is 4.83. The Morgan fingerprint density at radius 1 is 1.18 bits per heavy atom. The summed E-state index contributed by atoms with van der Waals surface area (Å²) in [6, 6.07) is 3.25. The van der Waals surface area contributed by atoms with Gasteiger partial charge in [0.2, 0.25) is 0 Å². The number of rotatable bonds is 2. The monoisotopic (exact) mass is 410 g/mol. The van der Waals surface area contributed by atoms with E-state index in [4.69, 9.17) is 25.8 Å². The lowest BCUT2D eigenvalue weighted by Crippen LogP contribution is -2.47. The van der Waals surface area contributed by atoms with Crippen LogP contribution in [-0.2, 0) is 4.74 Å². The largest absolute Gasteiger partial charge is 0.489 e. The average molecular weight is 411 g/mol. The van der Waals surface area contributed by atoms with Crippen LogP contribution in [0.2, 0.25) is 5.02 Å². The number of likely N-dealkylation sites (tertiary alicyclic amines) is 1. The Morgan fingerprint density at radius 3 is 2.54 bits per heavy atom. The minimum atomic E-state index is -0.515. The zero-order valence-electron chi connectivity index (χ0n) is 16.5. The van der Waals surface area contributed by atoms with Crippen molar-refractivity contribution in [1.82, 2.24) is 10.2 Å². The third kappa shape index (κ3) is 5.22. The summed E-state index contributed by atoms with van der Waals surface area (Å²) in [5.41, 5.74) is -0.0813. The number of nitrogens with one attached hydrogen (secondary N) is 1. The van der Waals surface area contributed by atoms with Gasteiger partial charge >= 0.3 is 6.09 Å². The second-order valence-corrected chi connectivity index (χ2v) is 8.46. The summed E-state index contributed by atoms with van der Waals surface area (Å²) in [5.74, 6) is 0.768. The Kier molecular flexibility index (Phi) is 6.23. The SMILES string of the molecule is CC(C)(C)OC(=O)N1CCC(NC(=O)c2cc(Cl)c3c(c2)OCCCO3)CC1. The second-order valence-electron chi connectivity index (χ2n) is 8.05. The van der Waals surface area contributed by atoms with E-state index in [9.17, 15) is 9.59 Å². The molecule has 2 aliphatic rings. The third-order valence-electron chi connectivity index (χ3n) is 4.55. The molecule has 1 aromatic rings. The zero-order valence-corrected chi connectivity index (χ0v) is 17.3. The van der Waals surface area contributed by atoms with Gasteiger partial charge in [0.15, 0.2) is 11.5 Å². The van der Waals surface area contributed by atoms with Crippen molar-refractivity contribution in [3.8, 4) is 11.5 Å². The summed E-state index contributed by atoms with van der Waals surface area (Å²) in [6.45, 7) is 7.68. The maximum absolute atomic E-state index is 12.7. The second kappa shape index (κ2) is 8.47. The number of fused-ring (bicyclic) bond motifs is 1. The van der Waals surface area contributed by atoms with Crippen molar-refractivity contribution in [2.75, 3.05) is 26.3 Å². The molecule has 0 atom stereocenters. The van der Waals surface area contributed by atoms with Crippen LogP contribution < -0.4 is 14.8 Å². The van der Waals surface area contributed by atoms with Crippen LogP contribution in [0.5, 0.6) is 11.5 Å². The first-order chi connectivity index (χ1) is 13.2. The molecule has 0 unspecified atom stereocenters. The maximum Gasteiger partial charge on any atom is 0.410 e. The fraction of sp³-hybridized carbons (Fsp3) is 0.600. The first kappa shape index (κ1) is 20.6. The molecule has 7 nitrogen and oxygen atoms in total. The van der Waals surface area contributed by atoms with Crippen molar-refractivity contribution >= 4 is 23.6 Å². The number of halogens is 1. The van der Waals surface area contributed by atoms with Crippen molar-refractivity contribution in [2.24, 2.45) is 0 Å². The van der Waals surface area contributed by atoms with Gasteiger partial charge in [-0.3, -0.25) is 4.79 Å². The van der Waals surface area contributed by atoms with E-state index < -0.39 is 5.60 Å². The number of carbonyl (C=O) groups is 2. The number of carbonyl (C=O) groups excluding carboxylic acids is 2. The molecule has 1 aromatic carbocycles. The Morgan fingerprint density at radius 2 is 1.86 bits per heavy atom. The molecule has 2 aliphatic heterocycles. The number of benzene rings is 1. The highest BCUT2D eigenvalue weighted by atomic mass is 35.5. The molecule has 8 heteroatoms. The number of hydrogen-bond acceptors (Lipinski definition) is 5. The number of piperidine rings is 1. The van der Waals surface area contributed by atoms with Crippen molar-refractivity contribution in [3.63, 3.8) is 0 Å². The van der Waals surface area contributed by atoms with Crippen LogP contribution in [0.15, 0.2) is 12.1 Å². The van der Waals surface area contributed by atoms with Crippen LogP contribution in [0.3, 0.4) is 0 Å². The van der Waals surface area contributed by atoms with Gasteiger partial charge in [0.25, 0.3) is 5.91 Å². The highest BCUT2D eigenvalue weighted by Crippen LogP contribution is 2.38. The molecule has 0 radical (unpaired) electrons. The Hall–Kier alpha value is -2.15. The predicted octanol–water partition coefficient (Wildman–Crippen LogP) is 3.63. The minimum Gasteiger partial charge on any atom is -0.489 e. The van der Waals surface area contributed by atoms with Crippen LogP contribution in [0, 0.1) is 0 Å². The number of ether oxygens (including phenoxy) is 3. The van der Waals surface area contributed by atoms with Gasteiger partial charge < -0.3 is 24.4 Å². The van der Waals surface area contributed by atoms with Crippen LogP contribution in [0.25, 0.3) is 0 Å². The van der Waals surface area contributed by atoms with E-state index >= 15 is 0 Å². The van der Waals surface area contributed by atoms with Crippen LogP contribution in [-0.4, -0.2) is 54.8 Å². The quantitative estimate of drug-likeness (QED) is 0.805. The van der Waals surface area contributed by atoms with E-state index in [-0.39, 0.29) is 18.0 Å². The number of hydrogen-bond donors (Lipinski definition) is 1. The molecule has 0 saturated carbocycles. The van der Waals surface area contributed by atoms with E-state index in [1.54, 1.807) is 17.0 Å². The van der Waals surface area contributed by atoms with Gasteiger partial charge in [0.05, 0.1) is 18.2 Å². The minimum absolute atomic E-state index is 0.0130. The molecule has 28 heavy (non-hydrogen) atoms. The predicted molar refractivity (Wildman–Crippen MR) is 105 cm³/mol. The smallest absolute Gasteiger partial charge is 0.410 e. The molecule has 1 saturated heterocycles. The van der Waals surface area contributed by atoms with E-state index in [1.165, 1.54) is 0 Å².